The van der Waals surface area contributed by atoms with E-state index >= 15 is 0 Å². The van der Waals surface area contributed by atoms with Gasteiger partial charge in [-0.15, -0.1) is 0 Å². The topological polar surface area (TPSA) is 12.0 Å². The molecule has 0 radical (unpaired) electrons. The van der Waals surface area contributed by atoms with E-state index in [0.717, 1.165) is 6.54 Å². The molecule has 0 saturated heterocycles. The van der Waals surface area contributed by atoms with Gasteiger partial charge in [0.05, 0.1) is 5.69 Å². The van der Waals surface area contributed by atoms with Crippen LogP contribution in [0.15, 0.2) is 22.7 Å². The highest BCUT2D eigenvalue weighted by molar-refractivity contribution is 9.10. The highest BCUT2D eigenvalue weighted by atomic mass is 79.9. The summed E-state index contributed by atoms with van der Waals surface area (Å²) in [4.78, 5) is 0. The molecule has 76 valence electrons. The second kappa shape index (κ2) is 3.27. The van der Waals surface area contributed by atoms with E-state index in [9.17, 15) is 0 Å². The number of hydrogen-bond donors (Lipinski definition) is 1. The Morgan fingerprint density at radius 1 is 1.43 bits per heavy atom. The summed E-state index contributed by atoms with van der Waals surface area (Å²) in [6, 6.07) is 6.45. The zero-order valence-electron chi connectivity index (χ0n) is 8.89. The van der Waals surface area contributed by atoms with Crippen LogP contribution in [0.2, 0.25) is 0 Å². The summed E-state index contributed by atoms with van der Waals surface area (Å²) in [5, 5.41) is 3.49. The van der Waals surface area contributed by atoms with Crippen LogP contribution in [0.3, 0.4) is 0 Å². The van der Waals surface area contributed by atoms with Crippen molar-refractivity contribution in [2.45, 2.75) is 26.2 Å². The van der Waals surface area contributed by atoms with Crippen LogP contribution in [0.25, 0.3) is 0 Å². The van der Waals surface area contributed by atoms with Crippen LogP contribution in [0, 0.1) is 5.92 Å². The Hall–Kier alpha value is -0.500. The molecule has 1 N–H and O–H groups in total. The van der Waals surface area contributed by atoms with Crippen LogP contribution in [-0.4, -0.2) is 6.54 Å². The van der Waals surface area contributed by atoms with Crippen molar-refractivity contribution in [1.29, 1.82) is 0 Å². The lowest BCUT2D eigenvalue weighted by Crippen LogP contribution is -2.30. The molecule has 2 heteroatoms. The van der Waals surface area contributed by atoms with Gasteiger partial charge in [-0.3, -0.25) is 0 Å². The SMILES string of the molecule is CC(C)C1(C)CNc2c(Br)cccc21. The lowest BCUT2D eigenvalue weighted by molar-refractivity contribution is 0.371. The Morgan fingerprint density at radius 3 is 2.79 bits per heavy atom. The fraction of sp³-hybridized carbons (Fsp3) is 0.500. The second-order valence-corrected chi connectivity index (χ2v) is 5.44. The van der Waals surface area contributed by atoms with Crippen LogP contribution in [-0.2, 0) is 5.41 Å². The summed E-state index contributed by atoms with van der Waals surface area (Å²) in [7, 11) is 0. The van der Waals surface area contributed by atoms with Gasteiger partial charge >= 0.3 is 0 Å². The van der Waals surface area contributed by atoms with Gasteiger partial charge in [0, 0.05) is 16.4 Å². The van der Waals surface area contributed by atoms with Crippen molar-refractivity contribution >= 4 is 21.6 Å². The molecule has 14 heavy (non-hydrogen) atoms. The fourth-order valence-electron chi connectivity index (χ4n) is 2.06. The average Bonchev–Trinajstić information content (AvgIpc) is 2.47. The number of nitrogens with one attached hydrogen (secondary N) is 1. The molecule has 1 nitrogen and oxygen atoms in total. The molecule has 1 unspecified atom stereocenters. The molecule has 1 aliphatic rings. The molecule has 0 bridgehead atoms. The molecular weight excluding hydrogens is 238 g/mol. The van der Waals surface area contributed by atoms with Crippen LogP contribution in [0.4, 0.5) is 5.69 Å². The first kappa shape index (κ1) is 10.0. The van der Waals surface area contributed by atoms with Gasteiger partial charge in [0.25, 0.3) is 0 Å². The summed E-state index contributed by atoms with van der Waals surface area (Å²) in [5.41, 5.74) is 3.00. The smallest absolute Gasteiger partial charge is 0.0523 e. The van der Waals surface area contributed by atoms with Crippen LogP contribution in [0.1, 0.15) is 26.3 Å². The Morgan fingerprint density at radius 2 is 2.14 bits per heavy atom. The maximum atomic E-state index is 3.59. The monoisotopic (exact) mass is 253 g/mol. The molecular formula is C12H16BrN. The first-order chi connectivity index (χ1) is 6.55. The second-order valence-electron chi connectivity index (χ2n) is 4.59. The minimum absolute atomic E-state index is 0.277. The van der Waals surface area contributed by atoms with Gasteiger partial charge in [-0.05, 0) is 33.5 Å². The van der Waals surface area contributed by atoms with Crippen molar-refractivity contribution in [3.05, 3.63) is 28.2 Å². The highest BCUT2D eigenvalue weighted by Crippen LogP contribution is 2.44. The quantitative estimate of drug-likeness (QED) is 0.804. The van der Waals surface area contributed by atoms with Crippen LogP contribution < -0.4 is 5.32 Å². The number of anilines is 1. The van der Waals surface area contributed by atoms with Gasteiger partial charge in [0.15, 0.2) is 0 Å². The molecule has 0 spiro atoms. The number of halogens is 1. The Labute approximate surface area is 94.0 Å². The summed E-state index contributed by atoms with van der Waals surface area (Å²) in [6.07, 6.45) is 0. The van der Waals surface area contributed by atoms with E-state index in [-0.39, 0.29) is 5.41 Å². The Kier molecular flexibility index (Phi) is 2.34. The van der Waals surface area contributed by atoms with Gasteiger partial charge in [0.1, 0.15) is 0 Å². The number of rotatable bonds is 1. The van der Waals surface area contributed by atoms with Gasteiger partial charge < -0.3 is 5.32 Å². The van der Waals surface area contributed by atoms with Gasteiger partial charge in [0.2, 0.25) is 0 Å². The molecule has 1 aromatic rings. The lowest BCUT2D eigenvalue weighted by atomic mass is 9.75. The first-order valence-corrected chi connectivity index (χ1v) is 5.88. The summed E-state index contributed by atoms with van der Waals surface area (Å²) in [6.45, 7) is 7.96. The van der Waals surface area contributed by atoms with Gasteiger partial charge in [-0.2, -0.15) is 0 Å². The van der Waals surface area contributed by atoms with E-state index in [0.29, 0.717) is 5.92 Å². The molecule has 0 aromatic heterocycles. The molecule has 1 heterocycles. The number of benzene rings is 1. The molecule has 0 saturated carbocycles. The van der Waals surface area contributed by atoms with E-state index in [1.54, 1.807) is 0 Å². The summed E-state index contributed by atoms with van der Waals surface area (Å²) < 4.78 is 1.18. The Balaban J connectivity index is 2.55. The number of para-hydroxylation sites is 1. The third kappa shape index (κ3) is 1.28. The maximum Gasteiger partial charge on any atom is 0.0523 e. The standard InChI is InChI=1S/C12H16BrN/c1-8(2)12(3)7-14-11-9(12)5-4-6-10(11)13/h4-6,8,14H,7H2,1-3H3. The van der Waals surface area contributed by atoms with E-state index in [4.69, 9.17) is 0 Å². The predicted molar refractivity (Wildman–Crippen MR) is 64.8 cm³/mol. The van der Waals surface area contributed by atoms with E-state index in [1.807, 2.05) is 0 Å². The van der Waals surface area contributed by atoms with Crippen molar-refractivity contribution in [2.24, 2.45) is 5.92 Å². The zero-order chi connectivity index (χ0) is 10.3. The third-order valence-corrected chi connectivity index (χ3v) is 4.20. The molecule has 0 fully saturated rings. The zero-order valence-corrected chi connectivity index (χ0v) is 10.5. The number of fused-ring (bicyclic) bond motifs is 1. The van der Waals surface area contributed by atoms with E-state index in [1.165, 1.54) is 15.7 Å². The van der Waals surface area contributed by atoms with Gasteiger partial charge in [-0.25, -0.2) is 0 Å². The van der Waals surface area contributed by atoms with Crippen molar-refractivity contribution in [3.8, 4) is 0 Å². The third-order valence-electron chi connectivity index (χ3n) is 3.54. The molecule has 1 aliphatic heterocycles. The highest BCUT2D eigenvalue weighted by Gasteiger charge is 2.37. The molecule has 1 atom stereocenters. The molecule has 0 amide bonds. The molecule has 1 aromatic carbocycles. The maximum absolute atomic E-state index is 3.59. The first-order valence-electron chi connectivity index (χ1n) is 5.08. The lowest BCUT2D eigenvalue weighted by Gasteiger charge is -2.28. The summed E-state index contributed by atoms with van der Waals surface area (Å²) in [5.74, 6) is 0.658. The normalized spacial score (nSPS) is 24.9. The van der Waals surface area contributed by atoms with Crippen molar-refractivity contribution < 1.29 is 0 Å². The Bertz CT molecular complexity index is 359. The minimum Gasteiger partial charge on any atom is -0.383 e. The predicted octanol–water partition coefficient (Wildman–Crippen LogP) is 3.79. The number of hydrogen-bond acceptors (Lipinski definition) is 1. The molecule has 2 rings (SSSR count). The van der Waals surface area contributed by atoms with E-state index < -0.39 is 0 Å². The van der Waals surface area contributed by atoms with E-state index in [2.05, 4.69) is 60.2 Å². The largest absolute Gasteiger partial charge is 0.383 e. The summed E-state index contributed by atoms with van der Waals surface area (Å²) >= 11 is 3.59. The minimum atomic E-state index is 0.277. The van der Waals surface area contributed by atoms with Crippen molar-refractivity contribution in [2.75, 3.05) is 11.9 Å². The molecule has 0 aliphatic carbocycles. The van der Waals surface area contributed by atoms with Crippen molar-refractivity contribution in [3.63, 3.8) is 0 Å². The van der Waals surface area contributed by atoms with Gasteiger partial charge in [-0.1, -0.05) is 32.9 Å². The van der Waals surface area contributed by atoms with Crippen LogP contribution >= 0.6 is 15.9 Å². The van der Waals surface area contributed by atoms with Crippen LogP contribution in [0.5, 0.6) is 0 Å². The average molecular weight is 254 g/mol. The van der Waals surface area contributed by atoms with Crippen molar-refractivity contribution in [1.82, 2.24) is 0 Å². The fourth-order valence-corrected chi connectivity index (χ4v) is 2.57.